The standard InChI is InChI=1S/C7H10O4/c1-10-5-6(8)3-4-7(9)11-2/h3-4H,5H2,1-2H3. The zero-order valence-corrected chi connectivity index (χ0v) is 6.49. The van der Waals surface area contributed by atoms with Crippen LogP contribution < -0.4 is 0 Å². The molecule has 11 heavy (non-hydrogen) atoms. The molecule has 0 aromatic rings. The van der Waals surface area contributed by atoms with Crippen molar-refractivity contribution in [2.45, 2.75) is 0 Å². The smallest absolute Gasteiger partial charge is 0.330 e. The Morgan fingerprint density at radius 3 is 2.36 bits per heavy atom. The number of ether oxygens (including phenoxy) is 2. The summed E-state index contributed by atoms with van der Waals surface area (Å²) >= 11 is 0. The molecular formula is C7H10O4. The molecule has 4 nitrogen and oxygen atoms in total. The Kier molecular flexibility index (Phi) is 5.02. The van der Waals surface area contributed by atoms with Gasteiger partial charge in [-0.3, -0.25) is 4.79 Å². The molecule has 0 bridgehead atoms. The Morgan fingerprint density at radius 2 is 1.91 bits per heavy atom. The Balaban J connectivity index is 3.73. The van der Waals surface area contributed by atoms with Crippen LogP contribution in [0.1, 0.15) is 0 Å². The lowest BCUT2D eigenvalue weighted by atomic mass is 10.4. The Bertz CT molecular complexity index is 171. The third kappa shape index (κ3) is 5.29. The van der Waals surface area contributed by atoms with Crippen molar-refractivity contribution in [3.63, 3.8) is 0 Å². The first kappa shape index (κ1) is 9.84. The maximum atomic E-state index is 10.6. The first-order valence-electron chi connectivity index (χ1n) is 2.98. The topological polar surface area (TPSA) is 52.6 Å². The molecule has 0 heterocycles. The number of esters is 1. The van der Waals surface area contributed by atoms with Crippen molar-refractivity contribution in [1.29, 1.82) is 0 Å². The van der Waals surface area contributed by atoms with E-state index in [9.17, 15) is 9.59 Å². The number of hydrogen-bond acceptors (Lipinski definition) is 4. The van der Waals surface area contributed by atoms with E-state index in [2.05, 4.69) is 9.47 Å². The molecule has 0 amide bonds. The minimum Gasteiger partial charge on any atom is -0.466 e. The van der Waals surface area contributed by atoms with Crippen LogP contribution >= 0.6 is 0 Å². The van der Waals surface area contributed by atoms with Gasteiger partial charge in [-0.1, -0.05) is 0 Å². The third-order valence-corrected chi connectivity index (χ3v) is 0.893. The number of carbonyl (C=O) groups excluding carboxylic acids is 2. The zero-order valence-electron chi connectivity index (χ0n) is 6.49. The fraction of sp³-hybridized carbons (Fsp3) is 0.429. The van der Waals surface area contributed by atoms with Crippen molar-refractivity contribution < 1.29 is 19.1 Å². The van der Waals surface area contributed by atoms with E-state index >= 15 is 0 Å². The van der Waals surface area contributed by atoms with Gasteiger partial charge in [0.1, 0.15) is 6.61 Å². The van der Waals surface area contributed by atoms with Gasteiger partial charge in [0, 0.05) is 13.2 Å². The highest BCUT2D eigenvalue weighted by atomic mass is 16.5. The monoisotopic (exact) mass is 158 g/mol. The van der Waals surface area contributed by atoms with Gasteiger partial charge >= 0.3 is 5.97 Å². The second-order valence-electron chi connectivity index (χ2n) is 1.76. The highest BCUT2D eigenvalue weighted by Gasteiger charge is 1.96. The van der Waals surface area contributed by atoms with Crippen LogP contribution in [0.3, 0.4) is 0 Å². The van der Waals surface area contributed by atoms with Crippen molar-refractivity contribution in [2.24, 2.45) is 0 Å². The molecule has 0 aliphatic rings. The van der Waals surface area contributed by atoms with Gasteiger partial charge in [0.2, 0.25) is 0 Å². The lowest BCUT2D eigenvalue weighted by Crippen LogP contribution is -2.03. The summed E-state index contributed by atoms with van der Waals surface area (Å²) in [6.45, 7) is -0.0203. The van der Waals surface area contributed by atoms with E-state index in [4.69, 9.17) is 0 Å². The maximum absolute atomic E-state index is 10.6. The summed E-state index contributed by atoms with van der Waals surface area (Å²) in [5.74, 6) is -0.813. The summed E-state index contributed by atoms with van der Waals surface area (Å²) in [5, 5.41) is 0. The predicted molar refractivity (Wildman–Crippen MR) is 38.0 cm³/mol. The summed E-state index contributed by atoms with van der Waals surface area (Å²) in [4.78, 5) is 21.1. The molecule has 0 saturated heterocycles. The summed E-state index contributed by atoms with van der Waals surface area (Å²) in [5.41, 5.74) is 0. The van der Waals surface area contributed by atoms with Crippen LogP contribution in [-0.4, -0.2) is 32.6 Å². The molecule has 0 radical (unpaired) electrons. The van der Waals surface area contributed by atoms with Crippen molar-refractivity contribution in [2.75, 3.05) is 20.8 Å². The maximum Gasteiger partial charge on any atom is 0.330 e. The van der Waals surface area contributed by atoms with Gasteiger partial charge in [0.05, 0.1) is 7.11 Å². The van der Waals surface area contributed by atoms with E-state index in [1.54, 1.807) is 0 Å². The van der Waals surface area contributed by atoms with Crippen LogP contribution in [0.15, 0.2) is 12.2 Å². The van der Waals surface area contributed by atoms with Gasteiger partial charge < -0.3 is 9.47 Å². The summed E-state index contributed by atoms with van der Waals surface area (Å²) < 4.78 is 8.78. The van der Waals surface area contributed by atoms with Crippen molar-refractivity contribution in [1.82, 2.24) is 0 Å². The summed E-state index contributed by atoms with van der Waals surface area (Å²) in [6, 6.07) is 0. The van der Waals surface area contributed by atoms with Crippen molar-refractivity contribution >= 4 is 11.8 Å². The summed E-state index contributed by atoms with van der Waals surface area (Å²) in [6.07, 6.45) is 2.18. The first-order valence-corrected chi connectivity index (χ1v) is 2.98. The van der Waals surface area contributed by atoms with E-state index < -0.39 is 5.97 Å². The van der Waals surface area contributed by atoms with Crippen LogP contribution in [0, 0.1) is 0 Å². The lowest BCUT2D eigenvalue weighted by molar-refractivity contribution is -0.135. The Morgan fingerprint density at radius 1 is 1.27 bits per heavy atom. The molecule has 0 saturated carbocycles. The number of rotatable bonds is 4. The molecule has 0 aliphatic carbocycles. The minimum absolute atomic E-state index is 0.0203. The van der Waals surface area contributed by atoms with Gasteiger partial charge in [-0.2, -0.15) is 0 Å². The van der Waals surface area contributed by atoms with Gasteiger partial charge in [0.25, 0.3) is 0 Å². The second-order valence-corrected chi connectivity index (χ2v) is 1.76. The number of hydrogen-bond donors (Lipinski definition) is 0. The van der Waals surface area contributed by atoms with E-state index in [0.29, 0.717) is 0 Å². The third-order valence-electron chi connectivity index (χ3n) is 0.893. The number of ketones is 1. The van der Waals surface area contributed by atoms with Crippen molar-refractivity contribution in [3.05, 3.63) is 12.2 Å². The molecular weight excluding hydrogens is 148 g/mol. The fourth-order valence-electron chi connectivity index (χ4n) is 0.419. The molecule has 62 valence electrons. The highest BCUT2D eigenvalue weighted by Crippen LogP contribution is 1.81. The molecule has 0 fully saturated rings. The Hall–Kier alpha value is -1.16. The molecule has 0 aromatic carbocycles. The van der Waals surface area contributed by atoms with Gasteiger partial charge in [-0.25, -0.2) is 4.79 Å². The molecule has 0 N–H and O–H groups in total. The van der Waals surface area contributed by atoms with E-state index in [1.807, 2.05) is 0 Å². The molecule has 0 rings (SSSR count). The molecule has 4 heteroatoms. The molecule has 0 spiro atoms. The fourth-order valence-corrected chi connectivity index (χ4v) is 0.419. The van der Waals surface area contributed by atoms with Crippen LogP contribution in [0.25, 0.3) is 0 Å². The zero-order chi connectivity index (χ0) is 8.69. The average Bonchev–Trinajstić information content (AvgIpc) is 2.01. The minimum atomic E-state index is -0.547. The normalized spacial score (nSPS) is 10.0. The lowest BCUT2D eigenvalue weighted by Gasteiger charge is -1.90. The SMILES string of the molecule is COCC(=O)C=CC(=O)OC. The predicted octanol–water partition coefficient (Wildman–Crippen LogP) is -0.0689. The van der Waals surface area contributed by atoms with Crippen LogP contribution in [0.5, 0.6) is 0 Å². The van der Waals surface area contributed by atoms with E-state index in [0.717, 1.165) is 12.2 Å². The summed E-state index contributed by atoms with van der Waals surface area (Å²) in [7, 11) is 2.65. The average molecular weight is 158 g/mol. The van der Waals surface area contributed by atoms with Gasteiger partial charge in [0.15, 0.2) is 5.78 Å². The quantitative estimate of drug-likeness (QED) is 0.424. The Labute approximate surface area is 64.8 Å². The van der Waals surface area contributed by atoms with Gasteiger partial charge in [-0.05, 0) is 6.08 Å². The van der Waals surface area contributed by atoms with E-state index in [-0.39, 0.29) is 12.4 Å². The first-order chi connectivity index (χ1) is 5.20. The molecule has 0 atom stereocenters. The van der Waals surface area contributed by atoms with Crippen molar-refractivity contribution in [3.8, 4) is 0 Å². The largest absolute Gasteiger partial charge is 0.466 e. The molecule has 0 aromatic heterocycles. The molecule has 0 unspecified atom stereocenters. The number of carbonyl (C=O) groups is 2. The second kappa shape index (κ2) is 5.61. The van der Waals surface area contributed by atoms with Crippen LogP contribution in [-0.2, 0) is 19.1 Å². The van der Waals surface area contributed by atoms with Gasteiger partial charge in [-0.15, -0.1) is 0 Å². The van der Waals surface area contributed by atoms with Crippen LogP contribution in [0.4, 0.5) is 0 Å². The highest BCUT2D eigenvalue weighted by molar-refractivity contribution is 5.96. The van der Waals surface area contributed by atoms with E-state index in [1.165, 1.54) is 14.2 Å². The number of methoxy groups -OCH3 is 2. The van der Waals surface area contributed by atoms with Crippen LogP contribution in [0.2, 0.25) is 0 Å². The molecule has 0 aliphatic heterocycles.